The molecular formula is C11H19N3O. The lowest BCUT2D eigenvalue weighted by atomic mass is 9.64. The maximum Gasteiger partial charge on any atom is 0.102 e. The molecule has 1 fully saturated rings. The van der Waals surface area contributed by atoms with Crippen LogP contribution >= 0.6 is 0 Å². The molecule has 0 amide bonds. The fourth-order valence-electron chi connectivity index (χ4n) is 2.36. The van der Waals surface area contributed by atoms with Gasteiger partial charge in [0.1, 0.15) is 6.10 Å². The number of hydrogen-bond acceptors (Lipinski definition) is 3. The van der Waals surface area contributed by atoms with E-state index in [0.29, 0.717) is 6.54 Å². The van der Waals surface area contributed by atoms with Crippen molar-refractivity contribution in [1.29, 1.82) is 0 Å². The van der Waals surface area contributed by atoms with E-state index in [0.717, 1.165) is 25.1 Å². The number of nitrogens with zero attached hydrogens (tertiary/aromatic N) is 2. The van der Waals surface area contributed by atoms with E-state index in [1.165, 1.54) is 6.42 Å². The maximum atomic E-state index is 10.4. The third-order valence-corrected chi connectivity index (χ3v) is 3.70. The SMILES string of the molecule is CCn1cncc1C(O)C1(CN)CCC1. The van der Waals surface area contributed by atoms with Gasteiger partial charge in [0.25, 0.3) is 0 Å². The van der Waals surface area contributed by atoms with Crippen molar-refractivity contribution >= 4 is 0 Å². The second kappa shape index (κ2) is 3.94. The van der Waals surface area contributed by atoms with Crippen LogP contribution in [0.2, 0.25) is 0 Å². The van der Waals surface area contributed by atoms with Crippen molar-refractivity contribution in [2.24, 2.45) is 11.1 Å². The van der Waals surface area contributed by atoms with Crippen molar-refractivity contribution in [2.75, 3.05) is 6.54 Å². The zero-order valence-electron chi connectivity index (χ0n) is 9.19. The van der Waals surface area contributed by atoms with Gasteiger partial charge >= 0.3 is 0 Å². The van der Waals surface area contributed by atoms with Crippen LogP contribution in [0.4, 0.5) is 0 Å². The minimum atomic E-state index is -0.460. The van der Waals surface area contributed by atoms with Crippen molar-refractivity contribution in [3.05, 3.63) is 18.2 Å². The first-order chi connectivity index (χ1) is 7.23. The third kappa shape index (κ3) is 1.58. The summed E-state index contributed by atoms with van der Waals surface area (Å²) in [5.74, 6) is 0. The molecule has 1 aromatic heterocycles. The van der Waals surface area contributed by atoms with Crippen LogP contribution in [0.5, 0.6) is 0 Å². The normalized spacial score (nSPS) is 21.0. The van der Waals surface area contributed by atoms with Crippen LogP contribution < -0.4 is 5.73 Å². The Hall–Kier alpha value is -0.870. The Kier molecular flexibility index (Phi) is 2.80. The van der Waals surface area contributed by atoms with Gasteiger partial charge in [0, 0.05) is 18.5 Å². The first-order valence-corrected chi connectivity index (χ1v) is 5.61. The zero-order valence-corrected chi connectivity index (χ0v) is 9.19. The highest BCUT2D eigenvalue weighted by molar-refractivity contribution is 5.10. The van der Waals surface area contributed by atoms with E-state index in [4.69, 9.17) is 5.73 Å². The van der Waals surface area contributed by atoms with Gasteiger partial charge in [0.05, 0.1) is 18.2 Å². The summed E-state index contributed by atoms with van der Waals surface area (Å²) in [6, 6.07) is 0. The minimum Gasteiger partial charge on any atom is -0.386 e. The Bertz CT molecular complexity index is 325. The molecule has 1 aromatic rings. The number of nitrogens with two attached hydrogens (primary N) is 1. The molecule has 4 nitrogen and oxygen atoms in total. The van der Waals surface area contributed by atoms with E-state index in [1.807, 2.05) is 11.5 Å². The van der Waals surface area contributed by atoms with Crippen LogP contribution in [0.15, 0.2) is 12.5 Å². The number of aryl methyl sites for hydroxylation is 1. The highest BCUT2D eigenvalue weighted by Gasteiger charge is 2.43. The minimum absolute atomic E-state index is 0.0903. The number of aromatic nitrogens is 2. The predicted octanol–water partition coefficient (Wildman–Crippen LogP) is 1.07. The van der Waals surface area contributed by atoms with Crippen LogP contribution in [-0.4, -0.2) is 21.2 Å². The van der Waals surface area contributed by atoms with Crippen LogP contribution in [0.25, 0.3) is 0 Å². The number of aliphatic hydroxyl groups is 1. The first kappa shape index (κ1) is 10.6. The quantitative estimate of drug-likeness (QED) is 0.779. The standard InChI is InChI=1S/C11H19N3O/c1-2-14-8-13-6-9(14)10(15)11(7-12)4-3-5-11/h6,8,10,15H,2-5,7,12H2,1H3. The van der Waals surface area contributed by atoms with Gasteiger partial charge in [-0.25, -0.2) is 4.98 Å². The van der Waals surface area contributed by atoms with Crippen molar-refractivity contribution in [3.63, 3.8) is 0 Å². The zero-order chi connectivity index (χ0) is 10.9. The molecule has 0 aromatic carbocycles. The van der Waals surface area contributed by atoms with Crippen molar-refractivity contribution < 1.29 is 5.11 Å². The maximum absolute atomic E-state index is 10.4. The lowest BCUT2D eigenvalue weighted by Crippen LogP contribution is -2.43. The van der Waals surface area contributed by atoms with E-state index in [1.54, 1.807) is 12.5 Å². The van der Waals surface area contributed by atoms with Gasteiger partial charge in [-0.3, -0.25) is 0 Å². The second-order valence-electron chi connectivity index (χ2n) is 4.43. The lowest BCUT2D eigenvalue weighted by molar-refractivity contribution is -0.0341. The molecule has 4 heteroatoms. The van der Waals surface area contributed by atoms with Gasteiger partial charge in [0.2, 0.25) is 0 Å². The van der Waals surface area contributed by atoms with Crippen molar-refractivity contribution in [1.82, 2.24) is 9.55 Å². The Morgan fingerprint density at radius 3 is 2.87 bits per heavy atom. The Balaban J connectivity index is 2.23. The number of hydrogen-bond donors (Lipinski definition) is 2. The van der Waals surface area contributed by atoms with Gasteiger partial charge in [-0.05, 0) is 19.8 Å². The molecule has 0 radical (unpaired) electrons. The van der Waals surface area contributed by atoms with E-state index in [2.05, 4.69) is 4.98 Å². The monoisotopic (exact) mass is 209 g/mol. The van der Waals surface area contributed by atoms with E-state index < -0.39 is 6.10 Å². The Morgan fingerprint density at radius 1 is 1.67 bits per heavy atom. The molecule has 0 bridgehead atoms. The van der Waals surface area contributed by atoms with Gasteiger partial charge in [-0.2, -0.15) is 0 Å². The Morgan fingerprint density at radius 2 is 2.40 bits per heavy atom. The smallest absolute Gasteiger partial charge is 0.102 e. The van der Waals surface area contributed by atoms with Crippen LogP contribution in [0, 0.1) is 5.41 Å². The first-order valence-electron chi connectivity index (χ1n) is 5.61. The second-order valence-corrected chi connectivity index (χ2v) is 4.43. The third-order valence-electron chi connectivity index (χ3n) is 3.70. The van der Waals surface area contributed by atoms with Gasteiger partial charge in [0.15, 0.2) is 0 Å². The fourth-order valence-corrected chi connectivity index (χ4v) is 2.36. The summed E-state index contributed by atoms with van der Waals surface area (Å²) in [7, 11) is 0. The average Bonchev–Trinajstić information content (AvgIpc) is 2.64. The van der Waals surface area contributed by atoms with E-state index in [-0.39, 0.29) is 5.41 Å². The van der Waals surface area contributed by atoms with Crippen LogP contribution in [0.1, 0.15) is 38.0 Å². The molecule has 1 heterocycles. The molecule has 0 saturated heterocycles. The molecule has 84 valence electrons. The summed E-state index contributed by atoms with van der Waals surface area (Å²) < 4.78 is 1.99. The van der Waals surface area contributed by atoms with E-state index in [9.17, 15) is 5.11 Å². The molecule has 15 heavy (non-hydrogen) atoms. The molecule has 1 aliphatic carbocycles. The summed E-state index contributed by atoms with van der Waals surface area (Å²) in [5.41, 5.74) is 6.59. The summed E-state index contributed by atoms with van der Waals surface area (Å²) in [6.45, 7) is 3.45. The lowest BCUT2D eigenvalue weighted by Gasteiger charge is -2.44. The molecule has 1 saturated carbocycles. The molecule has 0 spiro atoms. The summed E-state index contributed by atoms with van der Waals surface area (Å²) in [4.78, 5) is 4.08. The topological polar surface area (TPSA) is 64.1 Å². The Labute approximate surface area is 90.1 Å². The molecular weight excluding hydrogens is 190 g/mol. The van der Waals surface area contributed by atoms with Crippen molar-refractivity contribution in [3.8, 4) is 0 Å². The van der Waals surface area contributed by atoms with Gasteiger partial charge in [-0.15, -0.1) is 0 Å². The molecule has 3 N–H and O–H groups in total. The number of rotatable bonds is 4. The van der Waals surface area contributed by atoms with Crippen LogP contribution in [-0.2, 0) is 6.54 Å². The van der Waals surface area contributed by atoms with Gasteiger partial charge in [-0.1, -0.05) is 6.42 Å². The molecule has 1 aliphatic rings. The van der Waals surface area contributed by atoms with E-state index >= 15 is 0 Å². The largest absolute Gasteiger partial charge is 0.386 e. The summed E-state index contributed by atoms with van der Waals surface area (Å²) in [6.07, 6.45) is 6.29. The van der Waals surface area contributed by atoms with Crippen molar-refractivity contribution in [2.45, 2.75) is 38.8 Å². The van der Waals surface area contributed by atoms with Crippen LogP contribution in [0.3, 0.4) is 0 Å². The highest BCUT2D eigenvalue weighted by atomic mass is 16.3. The summed E-state index contributed by atoms with van der Waals surface area (Å²) >= 11 is 0. The number of imidazole rings is 1. The van der Waals surface area contributed by atoms with Gasteiger partial charge < -0.3 is 15.4 Å². The number of aliphatic hydroxyl groups excluding tert-OH is 1. The predicted molar refractivity (Wildman–Crippen MR) is 58.2 cm³/mol. The average molecular weight is 209 g/mol. The summed E-state index contributed by atoms with van der Waals surface area (Å²) in [5, 5.41) is 10.4. The molecule has 0 aliphatic heterocycles. The molecule has 1 unspecified atom stereocenters. The molecule has 2 rings (SSSR count). The molecule has 1 atom stereocenters. The fraction of sp³-hybridized carbons (Fsp3) is 0.727. The highest BCUT2D eigenvalue weighted by Crippen LogP contribution is 2.49.